The summed E-state index contributed by atoms with van der Waals surface area (Å²) in [5.74, 6) is 1.24. The number of hydrogen-bond donors (Lipinski definition) is 0. The van der Waals surface area contributed by atoms with E-state index in [-0.39, 0.29) is 5.95 Å². The van der Waals surface area contributed by atoms with Crippen molar-refractivity contribution in [3.63, 3.8) is 0 Å². The molecule has 0 bridgehead atoms. The highest BCUT2D eigenvalue weighted by molar-refractivity contribution is 5.33. The minimum absolute atomic E-state index is 0.123. The van der Waals surface area contributed by atoms with Crippen LogP contribution < -0.4 is 4.90 Å². The smallest absolute Gasteiger partial charge is 0.340 e. The molecule has 0 unspecified atom stereocenters. The summed E-state index contributed by atoms with van der Waals surface area (Å²) in [7, 11) is 0. The first-order valence-electron chi connectivity index (χ1n) is 7.50. The lowest BCUT2D eigenvalue weighted by Gasteiger charge is -2.34. The van der Waals surface area contributed by atoms with Crippen LogP contribution >= 0.6 is 0 Å². The van der Waals surface area contributed by atoms with Gasteiger partial charge in [0.1, 0.15) is 5.69 Å². The van der Waals surface area contributed by atoms with Crippen LogP contribution in [-0.2, 0) is 12.7 Å². The van der Waals surface area contributed by atoms with Crippen LogP contribution in [0.3, 0.4) is 0 Å². The fraction of sp³-hybridized carbons (Fsp3) is 0.571. The number of anilines is 1. The van der Waals surface area contributed by atoms with E-state index in [1.54, 1.807) is 11.8 Å². The highest BCUT2D eigenvalue weighted by Gasteiger charge is 2.34. The Hall–Kier alpha value is -2.23. The Morgan fingerprint density at radius 2 is 1.79 bits per heavy atom. The van der Waals surface area contributed by atoms with Crippen molar-refractivity contribution >= 4 is 5.95 Å². The molecule has 0 aliphatic carbocycles. The zero-order chi connectivity index (χ0) is 17.3. The zero-order valence-electron chi connectivity index (χ0n) is 13.3. The van der Waals surface area contributed by atoms with E-state index in [4.69, 9.17) is 4.52 Å². The Balaban J connectivity index is 1.65. The first kappa shape index (κ1) is 16.6. The lowest BCUT2D eigenvalue weighted by Crippen LogP contribution is -2.46. The molecule has 0 amide bonds. The van der Waals surface area contributed by atoms with Crippen LogP contribution in [0.15, 0.2) is 10.6 Å². The van der Waals surface area contributed by atoms with E-state index in [1.165, 1.54) is 6.92 Å². The Morgan fingerprint density at radius 3 is 2.38 bits per heavy atom. The normalized spacial score (nSPS) is 16.6. The van der Waals surface area contributed by atoms with E-state index in [1.807, 2.05) is 0 Å². The molecule has 7 nitrogen and oxygen atoms in total. The van der Waals surface area contributed by atoms with Gasteiger partial charge in [-0.25, -0.2) is 9.97 Å². The maximum atomic E-state index is 12.9. The van der Waals surface area contributed by atoms with Crippen molar-refractivity contribution in [3.05, 3.63) is 29.2 Å². The number of hydrogen-bond acceptors (Lipinski definition) is 7. The molecule has 0 N–H and O–H groups in total. The van der Waals surface area contributed by atoms with Crippen molar-refractivity contribution in [2.45, 2.75) is 26.6 Å². The second kappa shape index (κ2) is 6.34. The van der Waals surface area contributed by atoms with E-state index in [0.717, 1.165) is 6.07 Å². The van der Waals surface area contributed by atoms with Gasteiger partial charge in [0.15, 0.2) is 5.82 Å². The average molecular weight is 342 g/mol. The molecule has 0 radical (unpaired) electrons. The van der Waals surface area contributed by atoms with Gasteiger partial charge in [0, 0.05) is 38.8 Å². The van der Waals surface area contributed by atoms with Crippen molar-refractivity contribution in [2.24, 2.45) is 0 Å². The number of halogens is 3. The molecule has 2 aromatic heterocycles. The van der Waals surface area contributed by atoms with Crippen molar-refractivity contribution in [1.29, 1.82) is 0 Å². The molecule has 1 saturated heterocycles. The summed E-state index contributed by atoms with van der Waals surface area (Å²) in [6.07, 6.45) is -4.47. The molecule has 1 aliphatic rings. The minimum Gasteiger partial charge on any atom is -0.340 e. The predicted molar refractivity (Wildman–Crippen MR) is 78.3 cm³/mol. The molecular weight excluding hydrogens is 325 g/mol. The fourth-order valence-corrected chi connectivity index (χ4v) is 2.55. The molecule has 3 heterocycles. The minimum atomic E-state index is -4.47. The standard InChI is InChI=1S/C14H17F3N6O/c1-9-7-11(14(15,16)17)20-13(18-9)23-5-3-22(4-6-23)8-12-19-10(2)24-21-12/h7H,3-6,8H2,1-2H3. The highest BCUT2D eigenvalue weighted by Crippen LogP contribution is 2.29. The number of rotatable bonds is 3. The van der Waals surface area contributed by atoms with Crippen LogP contribution in [-0.4, -0.2) is 51.2 Å². The third-order valence-electron chi connectivity index (χ3n) is 3.72. The predicted octanol–water partition coefficient (Wildman–Crippen LogP) is 1.82. The first-order valence-corrected chi connectivity index (χ1v) is 7.50. The lowest BCUT2D eigenvalue weighted by molar-refractivity contribution is -0.141. The summed E-state index contributed by atoms with van der Waals surface area (Å²) >= 11 is 0. The Bertz CT molecular complexity index is 709. The second-order valence-electron chi connectivity index (χ2n) is 5.69. The highest BCUT2D eigenvalue weighted by atomic mass is 19.4. The van der Waals surface area contributed by atoms with Gasteiger partial charge in [-0.2, -0.15) is 18.2 Å². The first-order chi connectivity index (χ1) is 11.3. The van der Waals surface area contributed by atoms with Gasteiger partial charge in [-0.15, -0.1) is 0 Å². The Kier molecular flexibility index (Phi) is 4.39. The van der Waals surface area contributed by atoms with Crippen molar-refractivity contribution in [1.82, 2.24) is 25.0 Å². The van der Waals surface area contributed by atoms with Gasteiger partial charge in [0.05, 0.1) is 6.54 Å². The molecule has 0 spiro atoms. The largest absolute Gasteiger partial charge is 0.433 e. The van der Waals surface area contributed by atoms with Gasteiger partial charge in [-0.05, 0) is 13.0 Å². The lowest BCUT2D eigenvalue weighted by atomic mass is 10.3. The summed E-state index contributed by atoms with van der Waals surface area (Å²) in [6, 6.07) is 0.957. The zero-order valence-corrected chi connectivity index (χ0v) is 13.3. The van der Waals surface area contributed by atoms with Crippen LogP contribution in [0, 0.1) is 13.8 Å². The summed E-state index contributed by atoms with van der Waals surface area (Å²) in [5, 5.41) is 3.85. The topological polar surface area (TPSA) is 71.2 Å². The fourth-order valence-electron chi connectivity index (χ4n) is 2.55. The van der Waals surface area contributed by atoms with Gasteiger partial charge < -0.3 is 9.42 Å². The van der Waals surface area contributed by atoms with Gasteiger partial charge in [-0.1, -0.05) is 5.16 Å². The maximum Gasteiger partial charge on any atom is 0.433 e. The van der Waals surface area contributed by atoms with E-state index < -0.39 is 11.9 Å². The van der Waals surface area contributed by atoms with Gasteiger partial charge in [0.25, 0.3) is 0 Å². The van der Waals surface area contributed by atoms with Crippen LogP contribution in [0.2, 0.25) is 0 Å². The molecule has 1 aliphatic heterocycles. The SMILES string of the molecule is Cc1cc(C(F)(F)F)nc(N2CCN(Cc3noc(C)n3)CC2)n1. The van der Waals surface area contributed by atoms with Crippen molar-refractivity contribution < 1.29 is 17.7 Å². The molecule has 3 rings (SSSR count). The van der Waals surface area contributed by atoms with Crippen LogP contribution in [0.5, 0.6) is 0 Å². The van der Waals surface area contributed by atoms with Crippen LogP contribution in [0.25, 0.3) is 0 Å². The number of aromatic nitrogens is 4. The maximum absolute atomic E-state index is 12.9. The summed E-state index contributed by atoms with van der Waals surface area (Å²) in [5.41, 5.74) is -0.605. The number of piperazine rings is 1. The third kappa shape index (κ3) is 3.81. The van der Waals surface area contributed by atoms with Gasteiger partial charge in [0.2, 0.25) is 11.8 Å². The van der Waals surface area contributed by atoms with E-state index in [0.29, 0.717) is 50.1 Å². The van der Waals surface area contributed by atoms with Crippen molar-refractivity contribution in [2.75, 3.05) is 31.1 Å². The van der Waals surface area contributed by atoms with E-state index >= 15 is 0 Å². The van der Waals surface area contributed by atoms with Gasteiger partial charge in [-0.3, -0.25) is 4.90 Å². The molecule has 0 saturated carbocycles. The summed E-state index contributed by atoms with van der Waals surface area (Å²) in [4.78, 5) is 15.8. The van der Waals surface area contributed by atoms with Crippen LogP contribution in [0.4, 0.5) is 19.1 Å². The molecule has 130 valence electrons. The van der Waals surface area contributed by atoms with Gasteiger partial charge >= 0.3 is 6.18 Å². The average Bonchev–Trinajstić information content (AvgIpc) is 2.91. The summed E-state index contributed by atoms with van der Waals surface area (Å²) in [6.45, 7) is 6.21. The number of alkyl halides is 3. The molecule has 10 heteroatoms. The van der Waals surface area contributed by atoms with Crippen LogP contribution in [0.1, 0.15) is 23.1 Å². The third-order valence-corrected chi connectivity index (χ3v) is 3.72. The van der Waals surface area contributed by atoms with Crippen molar-refractivity contribution in [3.8, 4) is 0 Å². The number of aryl methyl sites for hydroxylation is 2. The molecular formula is C14H17F3N6O. The van der Waals surface area contributed by atoms with E-state index in [9.17, 15) is 13.2 Å². The molecule has 2 aromatic rings. The molecule has 0 atom stereocenters. The Labute approximate surface area is 136 Å². The molecule has 0 aromatic carbocycles. The second-order valence-corrected chi connectivity index (χ2v) is 5.69. The van der Waals surface area contributed by atoms with E-state index in [2.05, 4.69) is 25.0 Å². The summed E-state index contributed by atoms with van der Waals surface area (Å²) < 4.78 is 43.6. The quantitative estimate of drug-likeness (QED) is 0.842. The number of nitrogens with zero attached hydrogens (tertiary/aromatic N) is 6. The Morgan fingerprint density at radius 1 is 1.08 bits per heavy atom. The molecule has 24 heavy (non-hydrogen) atoms. The molecule has 1 fully saturated rings. The monoisotopic (exact) mass is 342 g/mol.